The number of carbonyl (C=O) groups is 2. The number of unbranched alkanes of at least 4 members (excludes halogenated alkanes) is 22. The van der Waals surface area contributed by atoms with E-state index in [1.807, 2.05) is 0 Å². The quantitative estimate of drug-likeness (QED) is 0.0267. The van der Waals surface area contributed by atoms with Crippen LogP contribution in [0.5, 0.6) is 0 Å². The second-order valence-electron chi connectivity index (χ2n) is 15.3. The van der Waals surface area contributed by atoms with Gasteiger partial charge in [-0.1, -0.05) is 172 Å². The van der Waals surface area contributed by atoms with Crippen molar-refractivity contribution in [3.8, 4) is 0 Å². The summed E-state index contributed by atoms with van der Waals surface area (Å²) in [5.74, 6) is -0.890. The molecule has 0 aliphatic rings. The number of hydrogen-bond acceptors (Lipinski definition) is 8. The zero-order valence-corrected chi connectivity index (χ0v) is 37.5. The van der Waals surface area contributed by atoms with Gasteiger partial charge >= 0.3 is 19.8 Å². The largest absolute Gasteiger partial charge is 0.472 e. The zero-order chi connectivity index (χ0) is 41.8. The highest BCUT2D eigenvalue weighted by Crippen LogP contribution is 2.43. The molecule has 0 heterocycles. The molecule has 0 rings (SSSR count). The van der Waals surface area contributed by atoms with Crippen LogP contribution < -0.4 is 5.73 Å². The van der Waals surface area contributed by atoms with Crippen molar-refractivity contribution < 1.29 is 37.6 Å². The molecular weight excluding hydrogens is 737 g/mol. The van der Waals surface area contributed by atoms with Crippen LogP contribution in [0.25, 0.3) is 0 Å². The monoisotopic (exact) mass is 824 g/mol. The van der Waals surface area contributed by atoms with Crippen LogP contribution in [0.3, 0.4) is 0 Å². The fourth-order valence-electron chi connectivity index (χ4n) is 6.23. The SMILES string of the molecule is CCCCCCCC/C=C/C/C=C/C/C=C/CCCC(=O)OC[C@H](COP(=O)(O)OCCN)OC(=O)CCCCCCCCCCC/C=C/CCCCCCCC. The molecule has 57 heavy (non-hydrogen) atoms. The predicted molar refractivity (Wildman–Crippen MR) is 238 cm³/mol. The third-order valence-corrected chi connectivity index (χ3v) is 10.7. The minimum absolute atomic E-state index is 0.0457. The number of hydrogen-bond donors (Lipinski definition) is 2. The third-order valence-electron chi connectivity index (χ3n) is 9.69. The summed E-state index contributed by atoms with van der Waals surface area (Å²) < 4.78 is 32.8. The number of phosphoric acid groups is 1. The highest BCUT2D eigenvalue weighted by Gasteiger charge is 2.26. The number of allylic oxidation sites excluding steroid dienone is 8. The van der Waals surface area contributed by atoms with Crippen molar-refractivity contribution in [2.45, 2.75) is 213 Å². The molecule has 332 valence electrons. The van der Waals surface area contributed by atoms with Crippen LogP contribution in [0.1, 0.15) is 206 Å². The molecular formula is C47H86NO8P. The maximum Gasteiger partial charge on any atom is 0.472 e. The van der Waals surface area contributed by atoms with Crippen LogP contribution in [0.4, 0.5) is 0 Å². The Balaban J connectivity index is 4.19. The molecule has 0 aromatic heterocycles. The van der Waals surface area contributed by atoms with Crippen LogP contribution >= 0.6 is 7.82 Å². The minimum atomic E-state index is -4.39. The Kier molecular flexibility index (Phi) is 42.0. The number of carbonyl (C=O) groups excluding carboxylic acids is 2. The predicted octanol–water partition coefficient (Wildman–Crippen LogP) is 13.5. The summed E-state index contributed by atoms with van der Waals surface area (Å²) in [6.07, 6.45) is 50.1. The van der Waals surface area contributed by atoms with Crippen LogP contribution in [-0.4, -0.2) is 49.3 Å². The molecule has 0 aliphatic heterocycles. The summed E-state index contributed by atoms with van der Waals surface area (Å²) in [5.41, 5.74) is 5.35. The average molecular weight is 824 g/mol. The molecule has 0 amide bonds. The van der Waals surface area contributed by atoms with Gasteiger partial charge in [-0.15, -0.1) is 0 Å². The number of esters is 2. The van der Waals surface area contributed by atoms with Gasteiger partial charge in [0.25, 0.3) is 0 Å². The van der Waals surface area contributed by atoms with Crippen molar-refractivity contribution in [2.24, 2.45) is 5.73 Å². The van der Waals surface area contributed by atoms with E-state index in [2.05, 4.69) is 62.5 Å². The second kappa shape index (κ2) is 43.5. The summed E-state index contributed by atoms with van der Waals surface area (Å²) in [6, 6.07) is 0. The van der Waals surface area contributed by atoms with Gasteiger partial charge in [0.05, 0.1) is 13.2 Å². The van der Waals surface area contributed by atoms with Crippen LogP contribution in [0.2, 0.25) is 0 Å². The fourth-order valence-corrected chi connectivity index (χ4v) is 7.00. The number of ether oxygens (including phenoxy) is 2. The molecule has 0 radical (unpaired) electrons. The van der Waals surface area contributed by atoms with E-state index in [9.17, 15) is 19.0 Å². The number of phosphoric ester groups is 1. The average Bonchev–Trinajstić information content (AvgIpc) is 3.20. The second-order valence-corrected chi connectivity index (χ2v) is 16.7. The molecule has 9 nitrogen and oxygen atoms in total. The Hall–Kier alpha value is -2.03. The van der Waals surface area contributed by atoms with Gasteiger partial charge in [0.1, 0.15) is 6.61 Å². The first-order chi connectivity index (χ1) is 27.8. The lowest BCUT2D eigenvalue weighted by molar-refractivity contribution is -0.161. The molecule has 1 unspecified atom stereocenters. The van der Waals surface area contributed by atoms with E-state index >= 15 is 0 Å². The Morgan fingerprint density at radius 2 is 0.930 bits per heavy atom. The van der Waals surface area contributed by atoms with E-state index in [1.165, 1.54) is 122 Å². The highest BCUT2D eigenvalue weighted by atomic mass is 31.2. The minimum Gasteiger partial charge on any atom is -0.462 e. The van der Waals surface area contributed by atoms with E-state index in [0.29, 0.717) is 12.8 Å². The Morgan fingerprint density at radius 3 is 1.42 bits per heavy atom. The van der Waals surface area contributed by atoms with Gasteiger partial charge in [0.2, 0.25) is 0 Å². The first-order valence-electron chi connectivity index (χ1n) is 23.1. The normalized spacial score (nSPS) is 13.7. The van der Waals surface area contributed by atoms with Gasteiger partial charge in [-0.25, -0.2) is 4.57 Å². The van der Waals surface area contributed by atoms with Crippen LogP contribution in [0.15, 0.2) is 48.6 Å². The standard InChI is InChI=1S/C47H86NO8P/c1-3-5-7-9-11-13-15-17-19-21-22-24-26-28-30-32-34-36-38-40-47(50)56-45(44-55-57(51,52)54-42-41-48)43-53-46(49)39-37-35-33-31-29-27-25-23-20-18-16-14-12-10-8-6-4-2/h17-20,25,27,31,33,45H,3-16,21-24,26,28-30,32,34-44,48H2,1-2H3,(H,51,52)/b19-17+,20-18+,27-25+,33-31+/t45-/m1/s1. The van der Waals surface area contributed by atoms with E-state index in [1.54, 1.807) is 0 Å². The molecule has 0 aromatic carbocycles. The Bertz CT molecular complexity index is 1080. The molecule has 3 N–H and O–H groups in total. The molecule has 0 fully saturated rings. The number of nitrogens with two attached hydrogens (primary N) is 1. The lowest BCUT2D eigenvalue weighted by atomic mass is 10.1. The summed E-state index contributed by atoms with van der Waals surface area (Å²) in [4.78, 5) is 34.9. The lowest BCUT2D eigenvalue weighted by Crippen LogP contribution is -2.29. The van der Waals surface area contributed by atoms with Gasteiger partial charge in [-0.05, 0) is 70.6 Å². The molecule has 0 saturated heterocycles. The summed E-state index contributed by atoms with van der Waals surface area (Å²) in [7, 11) is -4.39. The maximum absolute atomic E-state index is 12.6. The van der Waals surface area contributed by atoms with E-state index in [-0.39, 0.29) is 32.6 Å². The maximum atomic E-state index is 12.6. The first kappa shape index (κ1) is 55.0. The third kappa shape index (κ3) is 43.4. The van der Waals surface area contributed by atoms with Crippen LogP contribution in [-0.2, 0) is 32.7 Å². The van der Waals surface area contributed by atoms with Crippen molar-refractivity contribution in [1.82, 2.24) is 0 Å². The van der Waals surface area contributed by atoms with Gasteiger partial charge in [0.15, 0.2) is 6.10 Å². The van der Waals surface area contributed by atoms with Crippen molar-refractivity contribution in [1.29, 1.82) is 0 Å². The Labute approximate surface area is 349 Å². The van der Waals surface area contributed by atoms with Crippen molar-refractivity contribution in [3.05, 3.63) is 48.6 Å². The molecule has 0 aliphatic carbocycles. The summed E-state index contributed by atoms with van der Waals surface area (Å²) in [5, 5.41) is 0. The topological polar surface area (TPSA) is 134 Å². The van der Waals surface area contributed by atoms with Crippen LogP contribution in [0, 0.1) is 0 Å². The van der Waals surface area contributed by atoms with E-state index < -0.39 is 32.5 Å². The Morgan fingerprint density at radius 1 is 0.526 bits per heavy atom. The van der Waals surface area contributed by atoms with Crippen molar-refractivity contribution >= 4 is 19.8 Å². The summed E-state index contributed by atoms with van der Waals surface area (Å²) >= 11 is 0. The molecule has 0 spiro atoms. The molecule has 0 bridgehead atoms. The molecule has 0 saturated carbocycles. The van der Waals surface area contributed by atoms with E-state index in [0.717, 1.165) is 44.9 Å². The number of rotatable bonds is 43. The smallest absolute Gasteiger partial charge is 0.462 e. The fraction of sp³-hybridized carbons (Fsp3) is 0.787. The van der Waals surface area contributed by atoms with Crippen molar-refractivity contribution in [2.75, 3.05) is 26.4 Å². The van der Waals surface area contributed by atoms with Gasteiger partial charge in [0, 0.05) is 19.4 Å². The van der Waals surface area contributed by atoms with Gasteiger partial charge in [-0.3, -0.25) is 18.6 Å². The zero-order valence-electron chi connectivity index (χ0n) is 36.6. The highest BCUT2D eigenvalue weighted by molar-refractivity contribution is 7.47. The molecule has 2 atom stereocenters. The van der Waals surface area contributed by atoms with Gasteiger partial charge in [-0.2, -0.15) is 0 Å². The van der Waals surface area contributed by atoms with E-state index in [4.69, 9.17) is 24.3 Å². The van der Waals surface area contributed by atoms with Gasteiger partial charge < -0.3 is 20.1 Å². The first-order valence-corrected chi connectivity index (χ1v) is 24.6. The molecule has 10 heteroatoms. The van der Waals surface area contributed by atoms with Crippen molar-refractivity contribution in [3.63, 3.8) is 0 Å². The molecule has 0 aromatic rings. The summed E-state index contributed by atoms with van der Waals surface area (Å²) in [6.45, 7) is 3.67. The lowest BCUT2D eigenvalue weighted by Gasteiger charge is -2.19.